The molecule has 0 heterocycles. The van der Waals surface area contributed by atoms with Crippen LogP contribution in [0.1, 0.15) is 24.2 Å². The first-order valence-electron chi connectivity index (χ1n) is 5.85. The molecule has 1 aromatic rings. The van der Waals surface area contributed by atoms with Crippen molar-refractivity contribution in [3.63, 3.8) is 0 Å². The van der Waals surface area contributed by atoms with Crippen LogP contribution in [0.5, 0.6) is 0 Å². The average Bonchev–Trinajstić information content (AvgIpc) is 2.42. The van der Waals surface area contributed by atoms with E-state index in [1.807, 2.05) is 0 Å². The Bertz CT molecular complexity index is 505. The topological polar surface area (TPSA) is 133 Å². The smallest absolute Gasteiger partial charge is 0.275 e. The number of amides is 1. The zero-order valence-electron chi connectivity index (χ0n) is 10.8. The van der Waals surface area contributed by atoms with E-state index in [1.165, 1.54) is 19.1 Å². The van der Waals surface area contributed by atoms with Crippen molar-refractivity contribution < 1.29 is 25.0 Å². The molecular weight excluding hydrogens is 268 g/mol. The fourth-order valence-electron chi connectivity index (χ4n) is 1.65. The van der Waals surface area contributed by atoms with Gasteiger partial charge in [0.05, 0.1) is 17.1 Å². The number of carbonyl (C=O) groups is 1. The number of carbonyl (C=O) groups excluding carboxylic acids is 1. The van der Waals surface area contributed by atoms with Crippen molar-refractivity contribution in [2.75, 3.05) is 6.54 Å². The Morgan fingerprint density at radius 3 is 2.60 bits per heavy atom. The monoisotopic (exact) mass is 284 g/mol. The van der Waals surface area contributed by atoms with Gasteiger partial charge in [0, 0.05) is 19.5 Å². The summed E-state index contributed by atoms with van der Waals surface area (Å²) in [6, 6.07) is 3.77. The van der Waals surface area contributed by atoms with Crippen LogP contribution in [0.2, 0.25) is 0 Å². The van der Waals surface area contributed by atoms with E-state index in [-0.39, 0.29) is 29.3 Å². The minimum Gasteiger partial charge on any atom is -0.391 e. The molecule has 2 atom stereocenters. The first-order chi connectivity index (χ1) is 9.36. The third-order valence-corrected chi connectivity index (χ3v) is 2.74. The molecule has 1 aromatic carbocycles. The Hall–Kier alpha value is -2.03. The molecule has 2 unspecified atom stereocenters. The van der Waals surface area contributed by atoms with Gasteiger partial charge in [-0.25, -0.2) is 0 Å². The minimum atomic E-state index is -1.38. The van der Waals surface area contributed by atoms with Gasteiger partial charge >= 0.3 is 0 Å². The fraction of sp³-hybridized carbons (Fsp3) is 0.417. The number of nitro benzene ring substituents is 1. The first kappa shape index (κ1) is 16.0. The highest BCUT2D eigenvalue weighted by Gasteiger charge is 2.22. The van der Waals surface area contributed by atoms with Crippen molar-refractivity contribution in [3.05, 3.63) is 39.4 Å². The molecule has 0 spiro atoms. The van der Waals surface area contributed by atoms with E-state index in [0.29, 0.717) is 0 Å². The molecule has 0 aromatic heterocycles. The van der Waals surface area contributed by atoms with Crippen LogP contribution < -0.4 is 5.32 Å². The summed E-state index contributed by atoms with van der Waals surface area (Å²) >= 11 is 0. The predicted molar refractivity (Wildman–Crippen MR) is 68.7 cm³/mol. The summed E-state index contributed by atoms with van der Waals surface area (Å²) in [7, 11) is 0. The van der Waals surface area contributed by atoms with Crippen LogP contribution in [0.15, 0.2) is 18.2 Å². The predicted octanol–water partition coefficient (Wildman–Crippen LogP) is -0.383. The minimum absolute atomic E-state index is 0.113. The van der Waals surface area contributed by atoms with Crippen LogP contribution in [0.3, 0.4) is 0 Å². The molecule has 8 heteroatoms. The van der Waals surface area contributed by atoms with Gasteiger partial charge < -0.3 is 20.6 Å². The highest BCUT2D eigenvalue weighted by molar-refractivity contribution is 5.72. The summed E-state index contributed by atoms with van der Waals surface area (Å²) in [6.45, 7) is 0.590. The summed E-state index contributed by atoms with van der Waals surface area (Å²) in [5.41, 5.74) is -0.0928. The SMILES string of the molecule is CC(=O)NCC(O)C(O)c1ccc(CO)c([N+](=O)[O-])c1. The van der Waals surface area contributed by atoms with Gasteiger partial charge in [0.15, 0.2) is 0 Å². The number of hydrogen-bond donors (Lipinski definition) is 4. The van der Waals surface area contributed by atoms with Crippen LogP contribution in [-0.4, -0.2) is 38.8 Å². The molecule has 1 rings (SSSR count). The van der Waals surface area contributed by atoms with E-state index >= 15 is 0 Å². The summed E-state index contributed by atoms with van der Waals surface area (Å²) in [5.74, 6) is -0.363. The van der Waals surface area contributed by atoms with Crippen LogP contribution in [0.25, 0.3) is 0 Å². The molecule has 1 amide bonds. The van der Waals surface area contributed by atoms with Gasteiger partial charge in [0.25, 0.3) is 5.69 Å². The molecule has 0 aliphatic carbocycles. The molecular formula is C12H16N2O6. The van der Waals surface area contributed by atoms with Gasteiger partial charge in [0.1, 0.15) is 12.2 Å². The van der Waals surface area contributed by atoms with Crippen LogP contribution in [-0.2, 0) is 11.4 Å². The Morgan fingerprint density at radius 1 is 1.45 bits per heavy atom. The number of nitrogens with zero attached hydrogens (tertiary/aromatic N) is 1. The Labute approximate surface area is 114 Å². The highest BCUT2D eigenvalue weighted by Crippen LogP contribution is 2.25. The molecule has 0 saturated carbocycles. The fourth-order valence-corrected chi connectivity index (χ4v) is 1.65. The standard InChI is InChI=1S/C12H16N2O6/c1-7(16)13-5-11(17)12(18)8-2-3-9(6-15)10(4-8)14(19)20/h2-4,11-12,15,17-18H,5-6H2,1H3,(H,13,16). The summed E-state index contributed by atoms with van der Waals surface area (Å²) < 4.78 is 0. The van der Waals surface area contributed by atoms with Crippen molar-refractivity contribution in [3.8, 4) is 0 Å². The van der Waals surface area contributed by atoms with Gasteiger partial charge in [-0.05, 0) is 11.6 Å². The molecule has 0 bridgehead atoms. The molecule has 8 nitrogen and oxygen atoms in total. The number of aliphatic hydroxyl groups is 3. The molecule has 0 aliphatic heterocycles. The molecule has 110 valence electrons. The van der Waals surface area contributed by atoms with Crippen LogP contribution >= 0.6 is 0 Å². The van der Waals surface area contributed by atoms with Crippen LogP contribution in [0.4, 0.5) is 5.69 Å². The van der Waals surface area contributed by atoms with E-state index in [0.717, 1.165) is 6.07 Å². The maximum Gasteiger partial charge on any atom is 0.275 e. The number of nitro groups is 1. The number of benzene rings is 1. The maximum absolute atomic E-state index is 10.8. The van der Waals surface area contributed by atoms with Crippen molar-refractivity contribution >= 4 is 11.6 Å². The summed E-state index contributed by atoms with van der Waals surface area (Å²) in [5, 5.41) is 41.7. The lowest BCUT2D eigenvalue weighted by atomic mass is 10.0. The molecule has 20 heavy (non-hydrogen) atoms. The second kappa shape index (κ2) is 6.94. The third-order valence-electron chi connectivity index (χ3n) is 2.74. The van der Waals surface area contributed by atoms with E-state index < -0.39 is 23.7 Å². The summed E-state index contributed by atoms with van der Waals surface area (Å²) in [6.07, 6.45) is -2.67. The van der Waals surface area contributed by atoms with E-state index in [1.54, 1.807) is 0 Å². The van der Waals surface area contributed by atoms with Gasteiger partial charge in [-0.15, -0.1) is 0 Å². The van der Waals surface area contributed by atoms with Gasteiger partial charge in [-0.3, -0.25) is 14.9 Å². The molecule has 0 aliphatic rings. The Kier molecular flexibility index (Phi) is 5.56. The van der Waals surface area contributed by atoms with Crippen molar-refractivity contribution in [1.82, 2.24) is 5.32 Å². The van der Waals surface area contributed by atoms with Gasteiger partial charge in [-0.1, -0.05) is 6.07 Å². The van der Waals surface area contributed by atoms with Crippen molar-refractivity contribution in [2.45, 2.75) is 25.7 Å². The molecule has 0 saturated heterocycles. The lowest BCUT2D eigenvalue weighted by Gasteiger charge is -2.18. The Morgan fingerprint density at radius 2 is 2.10 bits per heavy atom. The number of aliphatic hydroxyl groups excluding tert-OH is 3. The number of rotatable bonds is 6. The van der Waals surface area contributed by atoms with E-state index in [9.17, 15) is 25.1 Å². The zero-order chi connectivity index (χ0) is 15.3. The second-order valence-electron chi connectivity index (χ2n) is 4.25. The van der Waals surface area contributed by atoms with Crippen molar-refractivity contribution in [1.29, 1.82) is 0 Å². The number of hydrogen-bond acceptors (Lipinski definition) is 6. The largest absolute Gasteiger partial charge is 0.391 e. The van der Waals surface area contributed by atoms with E-state index in [4.69, 9.17) is 5.11 Å². The zero-order valence-corrected chi connectivity index (χ0v) is 10.8. The Balaban J connectivity index is 2.93. The number of nitrogens with one attached hydrogen (secondary N) is 1. The third kappa shape index (κ3) is 3.98. The second-order valence-corrected chi connectivity index (χ2v) is 4.25. The van der Waals surface area contributed by atoms with Gasteiger partial charge in [-0.2, -0.15) is 0 Å². The lowest BCUT2D eigenvalue weighted by Crippen LogP contribution is -2.34. The summed E-state index contributed by atoms with van der Waals surface area (Å²) in [4.78, 5) is 20.9. The highest BCUT2D eigenvalue weighted by atomic mass is 16.6. The lowest BCUT2D eigenvalue weighted by molar-refractivity contribution is -0.386. The average molecular weight is 284 g/mol. The van der Waals surface area contributed by atoms with Crippen molar-refractivity contribution in [2.24, 2.45) is 0 Å². The van der Waals surface area contributed by atoms with Gasteiger partial charge in [0.2, 0.25) is 5.91 Å². The maximum atomic E-state index is 10.8. The molecule has 0 fully saturated rings. The molecule has 0 radical (unpaired) electrons. The van der Waals surface area contributed by atoms with E-state index in [2.05, 4.69) is 5.32 Å². The quantitative estimate of drug-likeness (QED) is 0.415. The molecule has 4 N–H and O–H groups in total. The first-order valence-corrected chi connectivity index (χ1v) is 5.85. The van der Waals surface area contributed by atoms with Crippen LogP contribution in [0, 0.1) is 10.1 Å². The normalized spacial score (nSPS) is 13.6.